The molecule has 0 unspecified atom stereocenters. The number of benzene rings is 2. The fourth-order valence-corrected chi connectivity index (χ4v) is 3.88. The van der Waals surface area contributed by atoms with Gasteiger partial charge in [-0.15, -0.1) is 0 Å². The number of rotatable bonds is 4. The van der Waals surface area contributed by atoms with Gasteiger partial charge >= 0.3 is 13.3 Å². The predicted octanol–water partition coefficient (Wildman–Crippen LogP) is 3.21. The Hall–Kier alpha value is -1.87. The van der Waals surface area contributed by atoms with Crippen molar-refractivity contribution >= 4 is 29.0 Å². The van der Waals surface area contributed by atoms with Crippen molar-refractivity contribution in [2.45, 2.75) is 10.4 Å². The van der Waals surface area contributed by atoms with Crippen molar-refractivity contribution in [3.63, 3.8) is 0 Å². The lowest BCUT2D eigenvalue weighted by molar-refractivity contribution is -0.0435. The molecular formula is C13H11F3NO5PS. The highest BCUT2D eigenvalue weighted by atomic mass is 32.2. The molecule has 0 aliphatic rings. The topological polar surface area (TPSA) is 94.9 Å². The van der Waals surface area contributed by atoms with Crippen molar-refractivity contribution in [1.82, 2.24) is 0 Å². The Labute approximate surface area is 135 Å². The van der Waals surface area contributed by atoms with Crippen LogP contribution < -0.4 is 4.67 Å². The SMILES string of the molecule is O=P(O)(O)N(c1ccccc1)c1ccccc1S(=O)(=O)C(F)(F)F. The number of halogens is 3. The predicted molar refractivity (Wildman–Crippen MR) is 80.3 cm³/mol. The molecule has 2 aromatic rings. The zero-order valence-electron chi connectivity index (χ0n) is 11.8. The van der Waals surface area contributed by atoms with Gasteiger partial charge in [0.2, 0.25) is 0 Å². The second kappa shape index (κ2) is 6.21. The van der Waals surface area contributed by atoms with Crippen LogP contribution in [0, 0.1) is 0 Å². The van der Waals surface area contributed by atoms with Gasteiger partial charge in [0.1, 0.15) is 4.90 Å². The Kier molecular flexibility index (Phi) is 4.78. The van der Waals surface area contributed by atoms with E-state index in [2.05, 4.69) is 0 Å². The minimum Gasteiger partial charge on any atom is -0.308 e. The highest BCUT2D eigenvalue weighted by molar-refractivity contribution is 7.92. The molecule has 0 atom stereocenters. The number of nitrogens with zero attached hydrogens (tertiary/aromatic N) is 1. The number of sulfone groups is 1. The summed E-state index contributed by atoms with van der Waals surface area (Å²) in [7, 11) is -11.0. The van der Waals surface area contributed by atoms with E-state index >= 15 is 0 Å². The van der Waals surface area contributed by atoms with Crippen molar-refractivity contribution in [2.24, 2.45) is 0 Å². The molecule has 0 heterocycles. The molecule has 0 saturated heterocycles. The fraction of sp³-hybridized carbons (Fsp3) is 0.0769. The van der Waals surface area contributed by atoms with Crippen LogP contribution in [0.5, 0.6) is 0 Å². The average Bonchev–Trinajstić information content (AvgIpc) is 2.46. The molecule has 24 heavy (non-hydrogen) atoms. The molecular weight excluding hydrogens is 370 g/mol. The van der Waals surface area contributed by atoms with Gasteiger partial charge in [0.15, 0.2) is 0 Å². The minimum absolute atomic E-state index is 0.157. The van der Waals surface area contributed by atoms with Crippen molar-refractivity contribution in [3.8, 4) is 0 Å². The van der Waals surface area contributed by atoms with Crippen LogP contribution in [-0.4, -0.2) is 23.7 Å². The summed E-state index contributed by atoms with van der Waals surface area (Å²) >= 11 is 0. The normalized spacial score (nSPS) is 12.9. The Morgan fingerprint density at radius 3 is 1.92 bits per heavy atom. The van der Waals surface area contributed by atoms with Crippen LogP contribution in [0.4, 0.5) is 24.5 Å². The molecule has 0 aromatic heterocycles. The summed E-state index contributed by atoms with van der Waals surface area (Å²) < 4.78 is 74.1. The number of para-hydroxylation sites is 2. The van der Waals surface area contributed by atoms with Gasteiger partial charge in [-0.1, -0.05) is 30.3 Å². The van der Waals surface area contributed by atoms with Gasteiger partial charge in [-0.25, -0.2) is 17.7 Å². The standard InChI is InChI=1S/C13H11F3NO5PS/c14-13(15,16)24(21,22)12-9-5-4-8-11(12)17(23(18,19)20)10-6-2-1-3-7-10/h1-9H,(H2,18,19,20). The zero-order chi connectivity index (χ0) is 18.2. The molecule has 11 heteroatoms. The lowest BCUT2D eigenvalue weighted by atomic mass is 10.2. The first-order valence-corrected chi connectivity index (χ1v) is 9.32. The maximum absolute atomic E-state index is 12.9. The summed E-state index contributed by atoms with van der Waals surface area (Å²) in [5, 5.41) is 0. The molecule has 2 N–H and O–H groups in total. The molecule has 0 amide bonds. The Morgan fingerprint density at radius 2 is 1.42 bits per heavy atom. The van der Waals surface area contributed by atoms with Gasteiger partial charge in [-0.2, -0.15) is 13.2 Å². The largest absolute Gasteiger partial charge is 0.501 e. The number of anilines is 2. The first-order chi connectivity index (χ1) is 11.0. The summed E-state index contributed by atoms with van der Waals surface area (Å²) in [5.74, 6) is 0. The van der Waals surface area contributed by atoms with Crippen LogP contribution in [-0.2, 0) is 14.4 Å². The summed E-state index contributed by atoms with van der Waals surface area (Å²) in [4.78, 5) is 17.8. The van der Waals surface area contributed by atoms with E-state index in [9.17, 15) is 35.9 Å². The van der Waals surface area contributed by atoms with Crippen molar-refractivity contribution in [1.29, 1.82) is 0 Å². The highest BCUT2D eigenvalue weighted by Gasteiger charge is 2.49. The quantitative estimate of drug-likeness (QED) is 0.790. The average molecular weight is 381 g/mol. The Bertz CT molecular complexity index is 880. The molecule has 6 nitrogen and oxygen atoms in total. The lowest BCUT2D eigenvalue weighted by Gasteiger charge is -2.27. The summed E-state index contributed by atoms with van der Waals surface area (Å²) in [6.07, 6.45) is 0. The maximum atomic E-state index is 12.9. The third-order valence-corrected chi connectivity index (χ3v) is 5.45. The summed E-state index contributed by atoms with van der Waals surface area (Å²) in [6.45, 7) is 0. The molecule has 0 saturated carbocycles. The first kappa shape index (κ1) is 18.5. The second-order valence-electron chi connectivity index (χ2n) is 4.58. The van der Waals surface area contributed by atoms with Crippen LogP contribution in [0.15, 0.2) is 59.5 Å². The Balaban J connectivity index is 2.78. The van der Waals surface area contributed by atoms with Crippen LogP contribution >= 0.6 is 7.75 Å². The van der Waals surface area contributed by atoms with Crippen LogP contribution in [0.25, 0.3) is 0 Å². The van der Waals surface area contributed by atoms with E-state index in [0.29, 0.717) is 6.07 Å². The molecule has 130 valence electrons. The van der Waals surface area contributed by atoms with E-state index in [1.165, 1.54) is 36.4 Å². The molecule has 0 radical (unpaired) electrons. The van der Waals surface area contributed by atoms with E-state index in [0.717, 1.165) is 12.1 Å². The lowest BCUT2D eigenvalue weighted by Crippen LogP contribution is -2.25. The van der Waals surface area contributed by atoms with E-state index in [1.807, 2.05) is 0 Å². The Morgan fingerprint density at radius 1 is 0.917 bits per heavy atom. The molecule has 0 bridgehead atoms. The molecule has 2 rings (SSSR count). The van der Waals surface area contributed by atoms with Crippen molar-refractivity contribution in [3.05, 3.63) is 54.6 Å². The zero-order valence-corrected chi connectivity index (χ0v) is 13.5. The van der Waals surface area contributed by atoms with Gasteiger partial charge in [0.25, 0.3) is 9.84 Å². The van der Waals surface area contributed by atoms with E-state index in [1.54, 1.807) is 0 Å². The number of hydrogen-bond acceptors (Lipinski definition) is 3. The summed E-state index contributed by atoms with van der Waals surface area (Å²) in [5.41, 5.74) is -6.54. The summed E-state index contributed by atoms with van der Waals surface area (Å²) in [6, 6.07) is 10.5. The van der Waals surface area contributed by atoms with E-state index in [4.69, 9.17) is 0 Å². The van der Waals surface area contributed by atoms with Crippen molar-refractivity contribution < 1.29 is 35.9 Å². The third-order valence-electron chi connectivity index (χ3n) is 2.95. The first-order valence-electron chi connectivity index (χ1n) is 6.28. The minimum atomic E-state index is -5.81. The smallest absolute Gasteiger partial charge is 0.308 e. The number of hydrogen-bond donors (Lipinski definition) is 2. The van der Waals surface area contributed by atoms with E-state index in [-0.39, 0.29) is 10.4 Å². The molecule has 0 aliphatic heterocycles. The molecule has 2 aromatic carbocycles. The van der Waals surface area contributed by atoms with Gasteiger partial charge < -0.3 is 9.79 Å². The van der Waals surface area contributed by atoms with Crippen molar-refractivity contribution in [2.75, 3.05) is 4.67 Å². The van der Waals surface area contributed by atoms with Gasteiger partial charge in [0, 0.05) is 0 Å². The second-order valence-corrected chi connectivity index (χ2v) is 7.91. The molecule has 0 fully saturated rings. The number of alkyl halides is 3. The fourth-order valence-electron chi connectivity index (χ4n) is 1.98. The van der Waals surface area contributed by atoms with Gasteiger partial charge in [-0.05, 0) is 24.3 Å². The van der Waals surface area contributed by atoms with E-state index < -0.39 is 33.7 Å². The van der Waals surface area contributed by atoms with Crippen LogP contribution in [0.3, 0.4) is 0 Å². The molecule has 0 spiro atoms. The highest BCUT2D eigenvalue weighted by Crippen LogP contribution is 2.52. The van der Waals surface area contributed by atoms with Crippen LogP contribution in [0.2, 0.25) is 0 Å². The van der Waals surface area contributed by atoms with Crippen LogP contribution in [0.1, 0.15) is 0 Å². The molecule has 0 aliphatic carbocycles. The third kappa shape index (κ3) is 3.46. The van der Waals surface area contributed by atoms with Gasteiger partial charge in [0.05, 0.1) is 11.4 Å². The monoisotopic (exact) mass is 381 g/mol. The maximum Gasteiger partial charge on any atom is 0.501 e. The van der Waals surface area contributed by atoms with Gasteiger partial charge in [-0.3, -0.25) is 0 Å².